The van der Waals surface area contributed by atoms with Gasteiger partial charge in [-0.1, -0.05) is 6.07 Å². The summed E-state index contributed by atoms with van der Waals surface area (Å²) in [5, 5.41) is 5.85. The summed E-state index contributed by atoms with van der Waals surface area (Å²) >= 11 is 1.59. The predicted molar refractivity (Wildman–Crippen MR) is 91.6 cm³/mol. The average Bonchev–Trinajstić information content (AvgIpc) is 3.16. The Morgan fingerprint density at radius 3 is 2.70 bits per heavy atom. The lowest BCUT2D eigenvalue weighted by atomic mass is 10.1. The monoisotopic (exact) mass is 326 g/mol. The van der Waals surface area contributed by atoms with E-state index in [-0.39, 0.29) is 5.91 Å². The third kappa shape index (κ3) is 3.51. The van der Waals surface area contributed by atoms with Crippen LogP contribution in [0.1, 0.15) is 32.3 Å². The lowest BCUT2D eigenvalue weighted by Crippen LogP contribution is -2.22. The number of aryl methyl sites for hydroxylation is 3. The Labute approximate surface area is 139 Å². The highest BCUT2D eigenvalue weighted by Crippen LogP contribution is 2.23. The van der Waals surface area contributed by atoms with Crippen LogP contribution in [0.15, 0.2) is 40.1 Å². The van der Waals surface area contributed by atoms with Crippen molar-refractivity contribution in [1.29, 1.82) is 0 Å². The molecule has 23 heavy (non-hydrogen) atoms. The molecule has 2 aromatic heterocycles. The molecule has 0 bridgehead atoms. The van der Waals surface area contributed by atoms with Crippen LogP contribution in [-0.4, -0.2) is 10.9 Å². The minimum atomic E-state index is -0.101. The highest BCUT2D eigenvalue weighted by atomic mass is 32.1. The van der Waals surface area contributed by atoms with Gasteiger partial charge in [-0.2, -0.15) is 0 Å². The Kier molecular flexibility index (Phi) is 4.30. The van der Waals surface area contributed by atoms with Gasteiger partial charge in [0.15, 0.2) is 5.76 Å². The summed E-state index contributed by atoms with van der Waals surface area (Å²) in [4.78, 5) is 16.6. The van der Waals surface area contributed by atoms with Gasteiger partial charge in [0.25, 0.3) is 5.91 Å². The van der Waals surface area contributed by atoms with Crippen LogP contribution < -0.4 is 5.32 Å². The summed E-state index contributed by atoms with van der Waals surface area (Å²) < 4.78 is 5.74. The van der Waals surface area contributed by atoms with Crippen molar-refractivity contribution >= 4 is 17.2 Å². The minimum absolute atomic E-state index is 0.101. The maximum Gasteiger partial charge on any atom is 0.251 e. The SMILES string of the molecule is Cc1nc(-c2ccc(CNC(=O)c3ccc(C)c(C)c3)o2)cs1. The van der Waals surface area contributed by atoms with E-state index in [1.165, 1.54) is 5.56 Å². The first kappa shape index (κ1) is 15.5. The number of rotatable bonds is 4. The van der Waals surface area contributed by atoms with Gasteiger partial charge in [-0.25, -0.2) is 4.98 Å². The van der Waals surface area contributed by atoms with Crippen molar-refractivity contribution in [3.05, 3.63) is 63.2 Å². The van der Waals surface area contributed by atoms with Gasteiger partial charge in [0.05, 0.1) is 11.6 Å². The molecule has 0 saturated carbocycles. The lowest BCUT2D eigenvalue weighted by molar-refractivity contribution is 0.0948. The minimum Gasteiger partial charge on any atom is -0.458 e. The number of benzene rings is 1. The summed E-state index contributed by atoms with van der Waals surface area (Å²) in [5.74, 6) is 1.34. The summed E-state index contributed by atoms with van der Waals surface area (Å²) in [6.07, 6.45) is 0. The predicted octanol–water partition coefficient (Wildman–Crippen LogP) is 4.26. The molecule has 0 aliphatic heterocycles. The molecule has 3 aromatic rings. The van der Waals surface area contributed by atoms with Crippen molar-refractivity contribution in [3.8, 4) is 11.5 Å². The van der Waals surface area contributed by atoms with Crippen LogP contribution in [0.3, 0.4) is 0 Å². The quantitative estimate of drug-likeness (QED) is 0.779. The molecule has 118 valence electrons. The number of carbonyl (C=O) groups excluding carboxylic acids is 1. The number of amides is 1. The van der Waals surface area contributed by atoms with Gasteiger partial charge in [0.2, 0.25) is 0 Å². The maximum absolute atomic E-state index is 12.2. The molecule has 4 nitrogen and oxygen atoms in total. The second-order valence-electron chi connectivity index (χ2n) is 5.50. The number of aromatic nitrogens is 1. The van der Waals surface area contributed by atoms with Gasteiger partial charge >= 0.3 is 0 Å². The molecule has 0 aliphatic carbocycles. The molecule has 0 atom stereocenters. The molecule has 0 saturated heterocycles. The fourth-order valence-electron chi connectivity index (χ4n) is 2.24. The normalized spacial score (nSPS) is 10.7. The molecule has 1 amide bonds. The number of thiazole rings is 1. The fourth-order valence-corrected chi connectivity index (χ4v) is 2.84. The van der Waals surface area contributed by atoms with E-state index in [9.17, 15) is 4.79 Å². The number of nitrogens with zero attached hydrogens (tertiary/aromatic N) is 1. The third-order valence-electron chi connectivity index (χ3n) is 3.73. The van der Waals surface area contributed by atoms with Crippen LogP contribution in [0, 0.1) is 20.8 Å². The first-order valence-corrected chi connectivity index (χ1v) is 8.27. The summed E-state index contributed by atoms with van der Waals surface area (Å²) in [6, 6.07) is 9.44. The summed E-state index contributed by atoms with van der Waals surface area (Å²) in [6.45, 7) is 6.35. The first-order valence-electron chi connectivity index (χ1n) is 7.39. The second kappa shape index (κ2) is 6.38. The van der Waals surface area contributed by atoms with Crippen molar-refractivity contribution in [2.45, 2.75) is 27.3 Å². The Balaban J connectivity index is 1.65. The molecule has 2 heterocycles. The van der Waals surface area contributed by atoms with Crippen LogP contribution >= 0.6 is 11.3 Å². The average molecular weight is 326 g/mol. The van der Waals surface area contributed by atoms with Gasteiger partial charge in [0, 0.05) is 10.9 Å². The van der Waals surface area contributed by atoms with Crippen LogP contribution in [-0.2, 0) is 6.54 Å². The Hall–Kier alpha value is -2.40. The number of hydrogen-bond acceptors (Lipinski definition) is 4. The van der Waals surface area contributed by atoms with Crippen molar-refractivity contribution in [2.24, 2.45) is 0 Å². The largest absolute Gasteiger partial charge is 0.458 e. The second-order valence-corrected chi connectivity index (χ2v) is 6.56. The molecule has 0 radical (unpaired) electrons. The van der Waals surface area contributed by atoms with E-state index in [2.05, 4.69) is 10.3 Å². The molecule has 0 fully saturated rings. The Morgan fingerprint density at radius 1 is 1.17 bits per heavy atom. The number of hydrogen-bond donors (Lipinski definition) is 1. The van der Waals surface area contributed by atoms with E-state index in [1.54, 1.807) is 11.3 Å². The van der Waals surface area contributed by atoms with Gasteiger partial charge in [-0.3, -0.25) is 4.79 Å². The smallest absolute Gasteiger partial charge is 0.251 e. The van der Waals surface area contributed by atoms with Crippen molar-refractivity contribution in [1.82, 2.24) is 10.3 Å². The van der Waals surface area contributed by atoms with Crippen molar-refractivity contribution < 1.29 is 9.21 Å². The summed E-state index contributed by atoms with van der Waals surface area (Å²) in [7, 11) is 0. The number of carbonyl (C=O) groups is 1. The van der Waals surface area contributed by atoms with E-state index in [4.69, 9.17) is 4.42 Å². The first-order chi connectivity index (χ1) is 11.0. The Morgan fingerprint density at radius 2 is 2.00 bits per heavy atom. The molecule has 0 spiro atoms. The molecule has 0 aliphatic rings. The van der Waals surface area contributed by atoms with Gasteiger partial charge in [0.1, 0.15) is 11.5 Å². The lowest BCUT2D eigenvalue weighted by Gasteiger charge is -2.06. The number of furan rings is 1. The highest BCUT2D eigenvalue weighted by molar-refractivity contribution is 7.09. The van der Waals surface area contributed by atoms with Gasteiger partial charge < -0.3 is 9.73 Å². The zero-order chi connectivity index (χ0) is 16.4. The van der Waals surface area contributed by atoms with Crippen molar-refractivity contribution in [2.75, 3.05) is 0 Å². The fraction of sp³-hybridized carbons (Fsp3) is 0.222. The molecule has 1 N–H and O–H groups in total. The van der Waals surface area contributed by atoms with E-state index >= 15 is 0 Å². The van der Waals surface area contributed by atoms with Crippen LogP contribution in [0.5, 0.6) is 0 Å². The molecule has 3 rings (SSSR count). The zero-order valence-corrected chi connectivity index (χ0v) is 14.2. The van der Waals surface area contributed by atoms with Gasteiger partial charge in [-0.15, -0.1) is 11.3 Å². The topological polar surface area (TPSA) is 55.1 Å². The molecule has 1 aromatic carbocycles. The highest BCUT2D eigenvalue weighted by Gasteiger charge is 2.10. The summed E-state index contributed by atoms with van der Waals surface area (Å²) in [5.41, 5.74) is 3.78. The van der Waals surface area contributed by atoms with E-state index in [0.717, 1.165) is 22.0 Å². The zero-order valence-electron chi connectivity index (χ0n) is 13.3. The van der Waals surface area contributed by atoms with E-state index in [1.807, 2.05) is 56.5 Å². The third-order valence-corrected chi connectivity index (χ3v) is 4.50. The Bertz CT molecular complexity index is 848. The molecular formula is C18H18N2O2S. The number of nitrogens with one attached hydrogen (secondary N) is 1. The van der Waals surface area contributed by atoms with Crippen LogP contribution in [0.2, 0.25) is 0 Å². The van der Waals surface area contributed by atoms with Crippen molar-refractivity contribution in [3.63, 3.8) is 0 Å². The maximum atomic E-state index is 12.2. The van der Waals surface area contributed by atoms with Crippen LogP contribution in [0.4, 0.5) is 0 Å². The van der Waals surface area contributed by atoms with Gasteiger partial charge in [-0.05, 0) is 56.2 Å². The molecule has 5 heteroatoms. The molecule has 0 unspecified atom stereocenters. The standard InChI is InChI=1S/C18H18N2O2S/c1-11-4-5-14(8-12(11)2)18(21)19-9-15-6-7-17(22-15)16-10-23-13(3)20-16/h4-8,10H,9H2,1-3H3,(H,19,21). The molecular weight excluding hydrogens is 308 g/mol. The van der Waals surface area contributed by atoms with Crippen LogP contribution in [0.25, 0.3) is 11.5 Å². The van der Waals surface area contributed by atoms with E-state index in [0.29, 0.717) is 17.9 Å². The van der Waals surface area contributed by atoms with E-state index < -0.39 is 0 Å².